The van der Waals surface area contributed by atoms with E-state index in [2.05, 4.69) is 10.3 Å². The number of benzene rings is 2. The van der Waals surface area contributed by atoms with Crippen molar-refractivity contribution in [3.8, 4) is 0 Å². The zero-order valence-electron chi connectivity index (χ0n) is 14.1. The van der Waals surface area contributed by atoms with Gasteiger partial charge in [-0.15, -0.1) is 0 Å². The summed E-state index contributed by atoms with van der Waals surface area (Å²) in [6.45, 7) is 0.191. The fourth-order valence-corrected chi connectivity index (χ4v) is 3.32. The van der Waals surface area contributed by atoms with Gasteiger partial charge < -0.3 is 15.4 Å². The summed E-state index contributed by atoms with van der Waals surface area (Å²) >= 11 is 0. The van der Waals surface area contributed by atoms with Gasteiger partial charge in [0.1, 0.15) is 6.04 Å². The van der Waals surface area contributed by atoms with Crippen LogP contribution in [-0.4, -0.2) is 33.0 Å². The largest absolute Gasteiger partial charge is 0.392 e. The number of amides is 3. The van der Waals surface area contributed by atoms with Crippen LogP contribution in [0.25, 0.3) is 10.9 Å². The fourth-order valence-electron chi connectivity index (χ4n) is 3.32. The second-order valence-corrected chi connectivity index (χ2v) is 6.46. The van der Waals surface area contributed by atoms with Gasteiger partial charge in [0.05, 0.1) is 13.2 Å². The predicted molar refractivity (Wildman–Crippen MR) is 97.2 cm³/mol. The number of fused-ring (bicyclic) bond motifs is 1. The van der Waals surface area contributed by atoms with Crippen molar-refractivity contribution < 1.29 is 14.7 Å². The summed E-state index contributed by atoms with van der Waals surface area (Å²) in [7, 11) is 0. The van der Waals surface area contributed by atoms with E-state index in [-0.39, 0.29) is 25.1 Å². The molecule has 1 atom stereocenters. The molecule has 132 valence electrons. The highest BCUT2D eigenvalue weighted by Gasteiger charge is 2.38. The molecule has 1 unspecified atom stereocenters. The molecular formula is C20H19N3O3. The number of aromatic nitrogens is 1. The Labute approximate surface area is 150 Å². The quantitative estimate of drug-likeness (QED) is 0.618. The van der Waals surface area contributed by atoms with E-state index >= 15 is 0 Å². The minimum absolute atomic E-state index is 0.0316. The maximum absolute atomic E-state index is 12.7. The molecule has 2 aromatic carbocycles. The van der Waals surface area contributed by atoms with Gasteiger partial charge in [-0.1, -0.05) is 42.5 Å². The second kappa shape index (κ2) is 6.65. The van der Waals surface area contributed by atoms with Gasteiger partial charge >= 0.3 is 6.03 Å². The summed E-state index contributed by atoms with van der Waals surface area (Å²) in [4.78, 5) is 29.4. The number of hydrogen-bond acceptors (Lipinski definition) is 3. The van der Waals surface area contributed by atoms with Gasteiger partial charge in [-0.05, 0) is 22.8 Å². The Bertz CT molecular complexity index is 962. The molecule has 4 rings (SSSR count). The van der Waals surface area contributed by atoms with E-state index in [1.807, 2.05) is 42.6 Å². The first-order chi connectivity index (χ1) is 12.7. The molecule has 2 heterocycles. The molecule has 26 heavy (non-hydrogen) atoms. The highest BCUT2D eigenvalue weighted by Crippen LogP contribution is 2.22. The summed E-state index contributed by atoms with van der Waals surface area (Å²) < 4.78 is 0. The average molecular weight is 349 g/mol. The van der Waals surface area contributed by atoms with E-state index in [9.17, 15) is 9.59 Å². The lowest BCUT2D eigenvalue weighted by Gasteiger charge is -2.13. The number of aromatic amines is 1. The van der Waals surface area contributed by atoms with Gasteiger partial charge in [0.15, 0.2) is 0 Å². The number of nitrogens with one attached hydrogen (secondary N) is 2. The van der Waals surface area contributed by atoms with Crippen LogP contribution in [0.5, 0.6) is 0 Å². The topological polar surface area (TPSA) is 85.4 Å². The summed E-state index contributed by atoms with van der Waals surface area (Å²) in [6, 6.07) is 14.2. The van der Waals surface area contributed by atoms with Gasteiger partial charge in [0.25, 0.3) is 5.91 Å². The van der Waals surface area contributed by atoms with Crippen molar-refractivity contribution in [1.82, 2.24) is 15.2 Å². The fraction of sp³-hybridized carbons (Fsp3) is 0.200. The van der Waals surface area contributed by atoms with Gasteiger partial charge in [-0.25, -0.2) is 4.79 Å². The van der Waals surface area contributed by atoms with E-state index in [0.29, 0.717) is 6.42 Å². The molecule has 0 spiro atoms. The lowest BCUT2D eigenvalue weighted by atomic mass is 10.0. The number of aliphatic hydroxyl groups is 1. The first-order valence-electron chi connectivity index (χ1n) is 8.51. The maximum Gasteiger partial charge on any atom is 0.325 e. The minimum atomic E-state index is -0.557. The van der Waals surface area contributed by atoms with Crippen molar-refractivity contribution in [2.75, 3.05) is 0 Å². The Morgan fingerprint density at radius 2 is 1.73 bits per heavy atom. The lowest BCUT2D eigenvalue weighted by molar-refractivity contribution is -0.127. The number of H-pyrrole nitrogens is 1. The number of nitrogens with zero attached hydrogens (tertiary/aromatic N) is 1. The normalized spacial score (nSPS) is 17.1. The van der Waals surface area contributed by atoms with Crippen molar-refractivity contribution in [2.45, 2.75) is 25.6 Å². The Hall–Kier alpha value is -3.12. The third-order valence-electron chi connectivity index (χ3n) is 4.75. The number of carbonyl (C=O) groups excluding carboxylic acids is 2. The van der Waals surface area contributed by atoms with Gasteiger partial charge in [0.2, 0.25) is 0 Å². The zero-order chi connectivity index (χ0) is 18.1. The molecule has 0 radical (unpaired) electrons. The first kappa shape index (κ1) is 16.4. The monoisotopic (exact) mass is 349 g/mol. The highest BCUT2D eigenvalue weighted by molar-refractivity contribution is 6.04. The van der Waals surface area contributed by atoms with Crippen molar-refractivity contribution in [3.05, 3.63) is 71.4 Å². The maximum atomic E-state index is 12.7. The molecule has 6 nitrogen and oxygen atoms in total. The first-order valence-corrected chi connectivity index (χ1v) is 8.51. The lowest BCUT2D eigenvalue weighted by Crippen LogP contribution is -2.32. The van der Waals surface area contributed by atoms with Crippen LogP contribution in [0.4, 0.5) is 4.79 Å². The third-order valence-corrected chi connectivity index (χ3v) is 4.75. The number of urea groups is 1. The molecule has 1 saturated heterocycles. The highest BCUT2D eigenvalue weighted by atomic mass is 16.3. The second-order valence-electron chi connectivity index (χ2n) is 6.46. The molecule has 1 aromatic heterocycles. The van der Waals surface area contributed by atoms with Gasteiger partial charge in [-0.3, -0.25) is 9.69 Å². The summed E-state index contributed by atoms with van der Waals surface area (Å²) in [5.74, 6) is -0.216. The van der Waals surface area contributed by atoms with E-state index in [1.54, 1.807) is 12.1 Å². The number of rotatable bonds is 5. The number of hydrogen-bond donors (Lipinski definition) is 3. The molecule has 3 aromatic rings. The summed E-state index contributed by atoms with van der Waals surface area (Å²) in [5.41, 5.74) is 3.66. The van der Waals surface area contributed by atoms with Crippen molar-refractivity contribution in [2.24, 2.45) is 0 Å². The summed E-state index contributed by atoms with van der Waals surface area (Å²) in [6.07, 6.45) is 2.34. The van der Waals surface area contributed by atoms with E-state index in [1.165, 1.54) is 4.90 Å². The van der Waals surface area contributed by atoms with Crippen molar-refractivity contribution in [3.63, 3.8) is 0 Å². The number of aliphatic hydroxyl groups excluding tert-OH is 1. The average Bonchev–Trinajstić information content (AvgIpc) is 3.19. The van der Waals surface area contributed by atoms with Crippen LogP contribution >= 0.6 is 0 Å². The van der Waals surface area contributed by atoms with E-state index < -0.39 is 6.04 Å². The molecule has 3 N–H and O–H groups in total. The molecule has 3 amide bonds. The molecule has 1 aliphatic heterocycles. The Balaban J connectivity index is 1.49. The van der Waals surface area contributed by atoms with Crippen LogP contribution < -0.4 is 5.32 Å². The van der Waals surface area contributed by atoms with E-state index in [0.717, 1.165) is 27.6 Å². The molecule has 1 fully saturated rings. The number of carbonyl (C=O) groups is 2. The van der Waals surface area contributed by atoms with Crippen LogP contribution in [0, 0.1) is 0 Å². The van der Waals surface area contributed by atoms with Gasteiger partial charge in [0, 0.05) is 23.5 Å². The van der Waals surface area contributed by atoms with Crippen molar-refractivity contribution >= 4 is 22.8 Å². The smallest absolute Gasteiger partial charge is 0.325 e. The molecule has 6 heteroatoms. The molecule has 0 saturated carbocycles. The Kier molecular flexibility index (Phi) is 4.18. The van der Waals surface area contributed by atoms with Crippen LogP contribution in [0.3, 0.4) is 0 Å². The Morgan fingerprint density at radius 1 is 1.00 bits per heavy atom. The molecule has 0 aliphatic carbocycles. The molecule has 0 bridgehead atoms. The summed E-state index contributed by atoms with van der Waals surface area (Å²) in [5, 5.41) is 12.9. The van der Waals surface area contributed by atoms with Crippen LogP contribution in [0.2, 0.25) is 0 Å². The zero-order valence-corrected chi connectivity index (χ0v) is 14.1. The van der Waals surface area contributed by atoms with Crippen LogP contribution in [0.1, 0.15) is 16.7 Å². The van der Waals surface area contributed by atoms with Crippen LogP contribution in [-0.2, 0) is 24.4 Å². The molecular weight excluding hydrogens is 330 g/mol. The van der Waals surface area contributed by atoms with Crippen LogP contribution in [0.15, 0.2) is 54.7 Å². The van der Waals surface area contributed by atoms with E-state index in [4.69, 9.17) is 5.11 Å². The third kappa shape index (κ3) is 2.95. The SMILES string of the molecule is O=C1NC(Cc2c[nH]c3ccccc23)C(=O)N1Cc1ccc(CO)cc1. The number of para-hydroxylation sites is 1. The van der Waals surface area contributed by atoms with Gasteiger partial charge in [-0.2, -0.15) is 0 Å². The Morgan fingerprint density at radius 3 is 2.50 bits per heavy atom. The predicted octanol–water partition coefficient (Wildman–Crippen LogP) is 2.32. The van der Waals surface area contributed by atoms with Crippen molar-refractivity contribution in [1.29, 1.82) is 0 Å². The standard InChI is InChI=1S/C20H19N3O3/c24-12-14-7-5-13(6-8-14)11-23-19(25)18(22-20(23)26)9-15-10-21-17-4-2-1-3-16(15)17/h1-8,10,18,21,24H,9,11-12H2,(H,22,26). The number of imide groups is 1. The minimum Gasteiger partial charge on any atom is -0.392 e. The molecule has 1 aliphatic rings.